The number of carbonyl (C=O) groups is 2. The second-order valence-corrected chi connectivity index (χ2v) is 8.14. The standard InChI is InChI=1S/C24H26N4O3/c1-17(2)18-7-9-19(10-8-18)23(30)27-13-11-26(12-14-27)22(29)16-28-24(31)21-6-4-3-5-20(21)15-25-28/h3-10,15,17H,11-14,16H2,1-2H3. The van der Waals surface area contributed by atoms with E-state index in [-0.39, 0.29) is 23.9 Å². The van der Waals surface area contributed by atoms with Crippen LogP contribution in [0.1, 0.15) is 35.7 Å². The number of carbonyl (C=O) groups excluding carboxylic acids is 2. The summed E-state index contributed by atoms with van der Waals surface area (Å²) in [6.07, 6.45) is 1.60. The molecule has 1 aliphatic rings. The molecule has 4 rings (SSSR count). The summed E-state index contributed by atoms with van der Waals surface area (Å²) >= 11 is 0. The van der Waals surface area contributed by atoms with Crippen molar-refractivity contribution in [3.8, 4) is 0 Å². The van der Waals surface area contributed by atoms with Crippen molar-refractivity contribution in [1.82, 2.24) is 19.6 Å². The van der Waals surface area contributed by atoms with Crippen molar-refractivity contribution in [1.29, 1.82) is 0 Å². The Hall–Kier alpha value is -3.48. The number of hydrogen-bond donors (Lipinski definition) is 0. The maximum absolute atomic E-state index is 12.8. The Morgan fingerprint density at radius 2 is 1.58 bits per heavy atom. The molecule has 1 aromatic heterocycles. The lowest BCUT2D eigenvalue weighted by Crippen LogP contribution is -2.51. The van der Waals surface area contributed by atoms with Gasteiger partial charge in [-0.3, -0.25) is 14.4 Å². The van der Waals surface area contributed by atoms with Crippen LogP contribution in [0.25, 0.3) is 10.8 Å². The van der Waals surface area contributed by atoms with Crippen molar-refractivity contribution in [2.75, 3.05) is 26.2 Å². The first kappa shape index (κ1) is 20.8. The first-order chi connectivity index (χ1) is 14.9. The predicted octanol–water partition coefficient (Wildman–Crippen LogP) is 2.50. The summed E-state index contributed by atoms with van der Waals surface area (Å²) in [6.45, 7) is 5.96. The number of aromatic nitrogens is 2. The lowest BCUT2D eigenvalue weighted by Gasteiger charge is -2.34. The van der Waals surface area contributed by atoms with Crippen LogP contribution in [0.15, 0.2) is 59.5 Å². The molecule has 160 valence electrons. The van der Waals surface area contributed by atoms with Gasteiger partial charge in [0.25, 0.3) is 11.5 Å². The fourth-order valence-electron chi connectivity index (χ4n) is 3.82. The highest BCUT2D eigenvalue weighted by atomic mass is 16.2. The average molecular weight is 418 g/mol. The van der Waals surface area contributed by atoms with E-state index in [1.54, 1.807) is 28.1 Å². The smallest absolute Gasteiger partial charge is 0.275 e. The average Bonchev–Trinajstić information content (AvgIpc) is 2.80. The van der Waals surface area contributed by atoms with Crippen LogP contribution < -0.4 is 5.56 Å². The Labute approximate surface area is 180 Å². The van der Waals surface area contributed by atoms with Gasteiger partial charge in [0.05, 0.1) is 11.6 Å². The first-order valence-electron chi connectivity index (χ1n) is 10.6. The molecular weight excluding hydrogens is 392 g/mol. The van der Waals surface area contributed by atoms with Crippen LogP contribution in [-0.2, 0) is 11.3 Å². The third-order valence-corrected chi connectivity index (χ3v) is 5.79. The van der Waals surface area contributed by atoms with Gasteiger partial charge in [0.2, 0.25) is 5.91 Å². The van der Waals surface area contributed by atoms with Crippen molar-refractivity contribution in [2.45, 2.75) is 26.3 Å². The molecule has 0 radical (unpaired) electrons. The van der Waals surface area contributed by atoms with E-state index in [2.05, 4.69) is 18.9 Å². The Bertz CT molecular complexity index is 1160. The van der Waals surface area contributed by atoms with Gasteiger partial charge < -0.3 is 9.80 Å². The Kier molecular flexibility index (Phi) is 5.84. The minimum atomic E-state index is -0.273. The zero-order valence-electron chi connectivity index (χ0n) is 17.8. The minimum Gasteiger partial charge on any atom is -0.338 e. The van der Waals surface area contributed by atoms with E-state index in [9.17, 15) is 14.4 Å². The van der Waals surface area contributed by atoms with Gasteiger partial charge in [-0.1, -0.05) is 44.2 Å². The van der Waals surface area contributed by atoms with Crippen LogP contribution in [0.2, 0.25) is 0 Å². The highest BCUT2D eigenvalue weighted by molar-refractivity contribution is 5.94. The quantitative estimate of drug-likeness (QED) is 0.652. The van der Waals surface area contributed by atoms with Crippen molar-refractivity contribution in [3.63, 3.8) is 0 Å². The van der Waals surface area contributed by atoms with Gasteiger partial charge in [-0.15, -0.1) is 0 Å². The van der Waals surface area contributed by atoms with E-state index in [0.29, 0.717) is 43.0 Å². The van der Waals surface area contributed by atoms with Crippen molar-refractivity contribution in [2.24, 2.45) is 0 Å². The Morgan fingerprint density at radius 1 is 0.935 bits per heavy atom. The molecule has 3 aromatic rings. The summed E-state index contributed by atoms with van der Waals surface area (Å²) in [6, 6.07) is 14.9. The number of hydrogen-bond acceptors (Lipinski definition) is 4. The molecule has 0 saturated carbocycles. The monoisotopic (exact) mass is 418 g/mol. The molecule has 7 nitrogen and oxygen atoms in total. The van der Waals surface area contributed by atoms with Crippen molar-refractivity contribution < 1.29 is 9.59 Å². The third-order valence-electron chi connectivity index (χ3n) is 5.79. The van der Waals surface area contributed by atoms with Crippen LogP contribution in [0.3, 0.4) is 0 Å². The predicted molar refractivity (Wildman–Crippen MR) is 119 cm³/mol. The molecule has 1 aliphatic heterocycles. The molecule has 0 bridgehead atoms. The normalized spacial score (nSPS) is 14.3. The maximum atomic E-state index is 12.8. The largest absolute Gasteiger partial charge is 0.338 e. The summed E-state index contributed by atoms with van der Waals surface area (Å²) in [4.78, 5) is 41.6. The van der Waals surface area contributed by atoms with Gasteiger partial charge >= 0.3 is 0 Å². The SMILES string of the molecule is CC(C)c1ccc(C(=O)N2CCN(C(=O)Cn3ncc4ccccc4c3=O)CC2)cc1. The van der Waals surface area contributed by atoms with E-state index in [1.807, 2.05) is 36.4 Å². The second-order valence-electron chi connectivity index (χ2n) is 8.14. The number of piperazine rings is 1. The molecular formula is C24H26N4O3. The third kappa shape index (κ3) is 4.35. The van der Waals surface area contributed by atoms with Crippen LogP contribution in [0.5, 0.6) is 0 Å². The Balaban J connectivity index is 1.37. The van der Waals surface area contributed by atoms with Crippen molar-refractivity contribution in [3.05, 3.63) is 76.2 Å². The molecule has 31 heavy (non-hydrogen) atoms. The molecule has 0 spiro atoms. The molecule has 1 fully saturated rings. The van der Waals surface area contributed by atoms with Crippen LogP contribution >= 0.6 is 0 Å². The highest BCUT2D eigenvalue weighted by Gasteiger charge is 2.25. The number of rotatable bonds is 4. The van der Waals surface area contributed by atoms with Gasteiger partial charge in [0, 0.05) is 37.1 Å². The zero-order chi connectivity index (χ0) is 22.0. The molecule has 0 aliphatic carbocycles. The van der Waals surface area contributed by atoms with Crippen LogP contribution in [0.4, 0.5) is 0 Å². The molecule has 0 N–H and O–H groups in total. The first-order valence-corrected chi connectivity index (χ1v) is 10.6. The minimum absolute atomic E-state index is 0.0187. The summed E-state index contributed by atoms with van der Waals surface area (Å²) in [5.41, 5.74) is 1.59. The molecule has 7 heteroatoms. The summed E-state index contributed by atoms with van der Waals surface area (Å²) < 4.78 is 1.21. The fraction of sp³-hybridized carbons (Fsp3) is 0.333. The van der Waals surface area contributed by atoms with Gasteiger partial charge in [0.15, 0.2) is 0 Å². The van der Waals surface area contributed by atoms with Gasteiger partial charge in [-0.05, 0) is 29.7 Å². The van der Waals surface area contributed by atoms with E-state index in [1.165, 1.54) is 10.2 Å². The number of fused-ring (bicyclic) bond motifs is 1. The zero-order valence-corrected chi connectivity index (χ0v) is 17.8. The number of nitrogens with zero attached hydrogens (tertiary/aromatic N) is 4. The van der Waals surface area contributed by atoms with Gasteiger partial charge in [-0.25, -0.2) is 4.68 Å². The van der Waals surface area contributed by atoms with E-state index >= 15 is 0 Å². The van der Waals surface area contributed by atoms with E-state index < -0.39 is 0 Å². The lowest BCUT2D eigenvalue weighted by atomic mass is 10.0. The number of amides is 2. The molecule has 2 amide bonds. The molecule has 2 aromatic carbocycles. The van der Waals surface area contributed by atoms with Gasteiger partial charge in [0.1, 0.15) is 6.54 Å². The molecule has 0 atom stereocenters. The van der Waals surface area contributed by atoms with E-state index in [0.717, 1.165) is 5.39 Å². The molecule has 1 saturated heterocycles. The second kappa shape index (κ2) is 8.71. The summed E-state index contributed by atoms with van der Waals surface area (Å²) in [5, 5.41) is 5.44. The number of benzene rings is 2. The Morgan fingerprint density at radius 3 is 2.26 bits per heavy atom. The molecule has 2 heterocycles. The fourth-order valence-corrected chi connectivity index (χ4v) is 3.82. The van der Waals surface area contributed by atoms with Gasteiger partial charge in [-0.2, -0.15) is 5.10 Å². The lowest BCUT2D eigenvalue weighted by molar-refractivity contribution is -0.133. The summed E-state index contributed by atoms with van der Waals surface area (Å²) in [7, 11) is 0. The van der Waals surface area contributed by atoms with Crippen LogP contribution in [-0.4, -0.2) is 57.6 Å². The summed E-state index contributed by atoms with van der Waals surface area (Å²) in [5.74, 6) is 0.233. The maximum Gasteiger partial charge on any atom is 0.275 e. The highest BCUT2D eigenvalue weighted by Crippen LogP contribution is 2.16. The van der Waals surface area contributed by atoms with E-state index in [4.69, 9.17) is 0 Å². The topological polar surface area (TPSA) is 75.5 Å². The van der Waals surface area contributed by atoms with Crippen LogP contribution in [0, 0.1) is 0 Å². The molecule has 0 unspecified atom stereocenters. The van der Waals surface area contributed by atoms with Crippen molar-refractivity contribution >= 4 is 22.6 Å².